The number of carbonyl (C=O) groups excluding carboxylic acids is 2. The molecule has 2 unspecified atom stereocenters. The second kappa shape index (κ2) is 7.19. The summed E-state index contributed by atoms with van der Waals surface area (Å²) in [6, 6.07) is 9.82. The fourth-order valence-electron chi connectivity index (χ4n) is 2.37. The van der Waals surface area contributed by atoms with Gasteiger partial charge in [0.05, 0.1) is 25.7 Å². The lowest BCUT2D eigenvalue weighted by Gasteiger charge is -2.37. The molecule has 2 rings (SSSR count). The highest BCUT2D eigenvalue weighted by molar-refractivity contribution is 5.85. The maximum Gasteiger partial charge on any atom is 0.242 e. The lowest BCUT2D eigenvalue weighted by Crippen LogP contribution is -2.49. The first-order valence-corrected chi connectivity index (χ1v) is 7.05. The summed E-state index contributed by atoms with van der Waals surface area (Å²) >= 11 is 0. The summed E-state index contributed by atoms with van der Waals surface area (Å²) in [5.41, 5.74) is 6.25. The molecule has 21 heavy (non-hydrogen) atoms. The molecule has 3 N–H and O–H groups in total. The number of amides is 2. The first-order valence-electron chi connectivity index (χ1n) is 7.05. The molecule has 1 saturated heterocycles. The van der Waals surface area contributed by atoms with Crippen LogP contribution in [0.4, 0.5) is 0 Å². The van der Waals surface area contributed by atoms with Gasteiger partial charge in [-0.3, -0.25) is 9.59 Å². The molecule has 2 atom stereocenters. The van der Waals surface area contributed by atoms with Crippen molar-refractivity contribution in [1.82, 2.24) is 10.2 Å². The van der Waals surface area contributed by atoms with Crippen LogP contribution in [0, 0.1) is 0 Å². The molecule has 0 spiro atoms. The van der Waals surface area contributed by atoms with Gasteiger partial charge < -0.3 is 20.7 Å². The maximum absolute atomic E-state index is 12.2. The Morgan fingerprint density at radius 2 is 2.05 bits per heavy atom. The Morgan fingerprint density at radius 1 is 1.33 bits per heavy atom. The number of carbonyl (C=O) groups is 2. The van der Waals surface area contributed by atoms with Gasteiger partial charge in [0.25, 0.3) is 0 Å². The molecule has 0 aliphatic carbocycles. The summed E-state index contributed by atoms with van der Waals surface area (Å²) < 4.78 is 5.90. The van der Waals surface area contributed by atoms with Crippen molar-refractivity contribution in [2.24, 2.45) is 5.73 Å². The maximum atomic E-state index is 12.2. The van der Waals surface area contributed by atoms with Crippen molar-refractivity contribution in [3.05, 3.63) is 35.9 Å². The normalized spacial score (nSPS) is 21.9. The van der Waals surface area contributed by atoms with E-state index in [1.807, 2.05) is 37.3 Å². The summed E-state index contributed by atoms with van der Waals surface area (Å²) in [4.78, 5) is 25.0. The van der Waals surface area contributed by atoms with Crippen LogP contribution in [0.5, 0.6) is 0 Å². The zero-order valence-corrected chi connectivity index (χ0v) is 12.1. The van der Waals surface area contributed by atoms with Gasteiger partial charge in [-0.15, -0.1) is 0 Å². The largest absolute Gasteiger partial charge is 0.367 e. The van der Waals surface area contributed by atoms with E-state index in [-0.39, 0.29) is 37.1 Å². The summed E-state index contributed by atoms with van der Waals surface area (Å²) in [7, 11) is 0. The van der Waals surface area contributed by atoms with Crippen LogP contribution in [0.1, 0.15) is 18.6 Å². The van der Waals surface area contributed by atoms with Crippen LogP contribution < -0.4 is 11.1 Å². The van der Waals surface area contributed by atoms with E-state index in [1.54, 1.807) is 4.90 Å². The third-order valence-electron chi connectivity index (χ3n) is 3.41. The fraction of sp³-hybridized carbons (Fsp3) is 0.467. The van der Waals surface area contributed by atoms with Gasteiger partial charge in [0.2, 0.25) is 11.8 Å². The van der Waals surface area contributed by atoms with Crippen LogP contribution in [0.3, 0.4) is 0 Å². The smallest absolute Gasteiger partial charge is 0.242 e. The Labute approximate surface area is 124 Å². The van der Waals surface area contributed by atoms with Crippen LogP contribution in [0.2, 0.25) is 0 Å². The number of nitrogens with two attached hydrogens (primary N) is 1. The minimum absolute atomic E-state index is 0.0235. The first kappa shape index (κ1) is 15.5. The number of ether oxygens (including phenoxy) is 1. The third kappa shape index (κ3) is 4.27. The summed E-state index contributed by atoms with van der Waals surface area (Å²) in [5.74, 6) is -0.447. The molecule has 1 aromatic rings. The van der Waals surface area contributed by atoms with E-state index in [0.29, 0.717) is 13.1 Å². The number of rotatable bonds is 4. The van der Waals surface area contributed by atoms with Gasteiger partial charge in [-0.05, 0) is 12.5 Å². The van der Waals surface area contributed by atoms with Gasteiger partial charge in [0.15, 0.2) is 0 Å². The standard InChI is InChI=1S/C15H21N3O3/c1-11-9-18(15(20)8-17-14(19)7-16)10-13(21-11)12-5-3-2-4-6-12/h2-6,11,13H,7-10,16H2,1H3,(H,17,19). The van der Waals surface area contributed by atoms with Crippen LogP contribution in [-0.4, -0.2) is 49.0 Å². The van der Waals surface area contributed by atoms with Crippen molar-refractivity contribution in [1.29, 1.82) is 0 Å². The lowest BCUT2D eigenvalue weighted by molar-refractivity contribution is -0.144. The van der Waals surface area contributed by atoms with E-state index in [4.69, 9.17) is 10.5 Å². The molecule has 1 aliphatic rings. The number of hydrogen-bond donors (Lipinski definition) is 2. The molecular weight excluding hydrogens is 270 g/mol. The van der Waals surface area contributed by atoms with Crippen LogP contribution in [0.15, 0.2) is 30.3 Å². The molecule has 1 aromatic carbocycles. The monoisotopic (exact) mass is 291 g/mol. The van der Waals surface area contributed by atoms with Crippen LogP contribution in [-0.2, 0) is 14.3 Å². The minimum Gasteiger partial charge on any atom is -0.367 e. The average Bonchev–Trinajstić information content (AvgIpc) is 2.52. The molecule has 1 fully saturated rings. The van der Waals surface area contributed by atoms with Gasteiger partial charge >= 0.3 is 0 Å². The number of benzene rings is 1. The summed E-state index contributed by atoms with van der Waals surface area (Å²) in [6.07, 6.45) is -0.178. The van der Waals surface area contributed by atoms with E-state index < -0.39 is 0 Å². The molecule has 114 valence electrons. The average molecular weight is 291 g/mol. The van der Waals surface area contributed by atoms with E-state index in [2.05, 4.69) is 5.32 Å². The van der Waals surface area contributed by atoms with E-state index >= 15 is 0 Å². The summed E-state index contributed by atoms with van der Waals surface area (Å²) in [5, 5.41) is 2.50. The third-order valence-corrected chi connectivity index (χ3v) is 3.41. The van der Waals surface area contributed by atoms with Gasteiger partial charge in [-0.2, -0.15) is 0 Å². The topological polar surface area (TPSA) is 84.7 Å². The molecule has 6 heteroatoms. The van der Waals surface area contributed by atoms with Gasteiger partial charge in [0.1, 0.15) is 6.10 Å². The Morgan fingerprint density at radius 3 is 2.71 bits per heavy atom. The molecule has 0 aromatic heterocycles. The molecule has 0 bridgehead atoms. The Bertz CT molecular complexity index is 492. The highest BCUT2D eigenvalue weighted by atomic mass is 16.5. The Balaban J connectivity index is 1.97. The number of nitrogens with one attached hydrogen (secondary N) is 1. The lowest BCUT2D eigenvalue weighted by atomic mass is 10.1. The second-order valence-corrected chi connectivity index (χ2v) is 5.13. The fourth-order valence-corrected chi connectivity index (χ4v) is 2.37. The van der Waals surface area contributed by atoms with Crippen LogP contribution >= 0.6 is 0 Å². The Hall–Kier alpha value is -1.92. The van der Waals surface area contributed by atoms with Crippen molar-refractivity contribution >= 4 is 11.8 Å². The molecule has 1 aliphatic heterocycles. The Kier molecular flexibility index (Phi) is 5.30. The predicted octanol–water partition coefficient (Wildman–Crippen LogP) is 0.0499. The van der Waals surface area contributed by atoms with Gasteiger partial charge in [-0.25, -0.2) is 0 Å². The highest BCUT2D eigenvalue weighted by Crippen LogP contribution is 2.24. The quantitative estimate of drug-likeness (QED) is 0.821. The van der Waals surface area contributed by atoms with E-state index in [9.17, 15) is 9.59 Å². The zero-order chi connectivity index (χ0) is 15.2. The van der Waals surface area contributed by atoms with Gasteiger partial charge in [0, 0.05) is 6.54 Å². The van der Waals surface area contributed by atoms with Crippen molar-refractivity contribution < 1.29 is 14.3 Å². The number of nitrogens with zero attached hydrogens (tertiary/aromatic N) is 1. The van der Waals surface area contributed by atoms with E-state index in [0.717, 1.165) is 5.56 Å². The van der Waals surface area contributed by atoms with Crippen LogP contribution in [0.25, 0.3) is 0 Å². The van der Waals surface area contributed by atoms with Gasteiger partial charge in [-0.1, -0.05) is 30.3 Å². The minimum atomic E-state index is -0.329. The van der Waals surface area contributed by atoms with Crippen molar-refractivity contribution in [2.75, 3.05) is 26.2 Å². The number of morpholine rings is 1. The van der Waals surface area contributed by atoms with Crippen molar-refractivity contribution in [3.8, 4) is 0 Å². The highest BCUT2D eigenvalue weighted by Gasteiger charge is 2.29. The predicted molar refractivity (Wildman–Crippen MR) is 78.4 cm³/mol. The molecule has 1 heterocycles. The SMILES string of the molecule is CC1CN(C(=O)CNC(=O)CN)CC(c2ccccc2)O1. The van der Waals surface area contributed by atoms with Crippen molar-refractivity contribution in [3.63, 3.8) is 0 Å². The van der Waals surface area contributed by atoms with E-state index in [1.165, 1.54) is 0 Å². The molecule has 0 radical (unpaired) electrons. The molecule has 0 saturated carbocycles. The number of hydrogen-bond acceptors (Lipinski definition) is 4. The second-order valence-electron chi connectivity index (χ2n) is 5.13. The van der Waals surface area contributed by atoms with Crippen molar-refractivity contribution in [2.45, 2.75) is 19.1 Å². The summed E-state index contributed by atoms with van der Waals surface area (Å²) in [6.45, 7) is 2.82. The zero-order valence-electron chi connectivity index (χ0n) is 12.1. The molecular formula is C15H21N3O3. The molecule has 6 nitrogen and oxygen atoms in total. The molecule has 2 amide bonds. The first-order chi connectivity index (χ1) is 10.1.